The van der Waals surface area contributed by atoms with Gasteiger partial charge in [0, 0.05) is 0 Å². The molecule has 0 spiro atoms. The van der Waals surface area contributed by atoms with Crippen LogP contribution in [0.4, 0.5) is 0 Å². The van der Waals surface area contributed by atoms with Crippen molar-refractivity contribution in [3.05, 3.63) is 22.4 Å². The van der Waals surface area contributed by atoms with E-state index in [-0.39, 0.29) is 61.6 Å². The molecule has 0 saturated carbocycles. The predicted octanol–water partition coefficient (Wildman–Crippen LogP) is -2.10. The molecule has 0 aromatic carbocycles. The largest absolute Gasteiger partial charge is 1.00 e. The van der Waals surface area contributed by atoms with Gasteiger partial charge in [-0.15, -0.1) is 11.3 Å². The van der Waals surface area contributed by atoms with Crippen molar-refractivity contribution >= 4 is 46.4 Å². The van der Waals surface area contributed by atoms with Crippen LogP contribution >= 0.6 is 23.6 Å². The van der Waals surface area contributed by atoms with Gasteiger partial charge in [-0.25, -0.2) is 5.84 Å². The van der Waals surface area contributed by atoms with Crippen molar-refractivity contribution in [3.63, 3.8) is 0 Å². The first kappa shape index (κ1) is 14.1. The summed E-state index contributed by atoms with van der Waals surface area (Å²) in [5.74, 6) is 4.94. The summed E-state index contributed by atoms with van der Waals surface area (Å²) in [7, 11) is 0. The third-order valence-electron chi connectivity index (χ3n) is 1.15. The van der Waals surface area contributed by atoms with Crippen molar-refractivity contribution in [2.75, 3.05) is 0 Å². The van der Waals surface area contributed by atoms with Gasteiger partial charge >= 0.3 is 51.4 Å². The van der Waals surface area contributed by atoms with E-state index in [0.29, 0.717) is 4.88 Å². The fraction of sp³-hybridized carbons (Fsp3) is 0. The summed E-state index contributed by atoms with van der Waals surface area (Å²) < 4.78 is -0.0478. The number of carbonyl (C=O) groups is 1. The number of rotatable bonds is 1. The second-order valence-corrected chi connectivity index (χ2v) is 3.90. The molecule has 2 N–H and O–H groups in total. The minimum atomic E-state index is -0.356. The monoisotopic (exact) mass is 256 g/mol. The summed E-state index contributed by atoms with van der Waals surface area (Å²) >= 11 is 10.4. The zero-order valence-electron chi connectivity index (χ0n) is 6.89. The van der Waals surface area contributed by atoms with E-state index in [1.165, 1.54) is 11.3 Å². The van der Waals surface area contributed by atoms with Crippen molar-refractivity contribution in [1.82, 2.24) is 5.01 Å². The Morgan fingerprint density at radius 1 is 1.69 bits per heavy atom. The van der Waals surface area contributed by atoms with Crippen molar-refractivity contribution in [2.45, 2.75) is 0 Å². The maximum absolute atomic E-state index is 11.3. The van der Waals surface area contributed by atoms with Crippen LogP contribution in [0.3, 0.4) is 0 Å². The van der Waals surface area contributed by atoms with E-state index in [2.05, 4.69) is 24.8 Å². The molecule has 1 aromatic rings. The first-order valence-corrected chi connectivity index (χ1v) is 4.66. The van der Waals surface area contributed by atoms with E-state index in [9.17, 15) is 4.79 Å². The van der Waals surface area contributed by atoms with Gasteiger partial charge in [0.05, 0.1) is 4.88 Å². The van der Waals surface area contributed by atoms with E-state index in [4.69, 9.17) is 5.84 Å². The molecule has 64 valence electrons. The van der Waals surface area contributed by atoms with Gasteiger partial charge in [-0.3, -0.25) is 9.80 Å². The van der Waals surface area contributed by atoms with E-state index in [0.717, 1.165) is 5.01 Å². The number of nitrogens with zero attached hydrogens (tertiary/aromatic N) is 1. The van der Waals surface area contributed by atoms with E-state index in [1.807, 2.05) is 0 Å². The molecule has 1 aromatic heterocycles. The Labute approximate surface area is 133 Å². The normalized spacial score (nSPS) is 8.69. The van der Waals surface area contributed by atoms with Gasteiger partial charge in [0.25, 0.3) is 5.91 Å². The molecule has 0 aliphatic heterocycles. The Kier molecular flexibility index (Phi) is 7.08. The minimum absolute atomic E-state index is 0. The Balaban J connectivity index is 0.00000144. The number of hydrazine groups is 1. The number of thiocarbonyl (C=S) groups is 1. The van der Waals surface area contributed by atoms with Gasteiger partial charge in [0.2, 0.25) is 0 Å². The quantitative estimate of drug-likeness (QED) is 0.156. The zero-order chi connectivity index (χ0) is 9.14. The molecule has 3 nitrogen and oxygen atoms in total. The topological polar surface area (TPSA) is 46.3 Å². The SMILES string of the molecule is NN(C(=O)c1cccs1)C(=S)[S-].[K+]. The van der Waals surface area contributed by atoms with Crippen LogP contribution in [-0.4, -0.2) is 15.2 Å². The zero-order valence-corrected chi connectivity index (χ0v) is 12.5. The molecule has 0 bridgehead atoms. The maximum atomic E-state index is 11.3. The van der Waals surface area contributed by atoms with E-state index in [1.54, 1.807) is 17.5 Å². The van der Waals surface area contributed by atoms with Crippen molar-refractivity contribution in [3.8, 4) is 0 Å². The fourth-order valence-electron chi connectivity index (χ4n) is 0.602. The van der Waals surface area contributed by atoms with Gasteiger partial charge < -0.3 is 24.8 Å². The number of hydrogen-bond donors (Lipinski definition) is 1. The molecular weight excluding hydrogens is 251 g/mol. The first-order chi connectivity index (χ1) is 5.63. The molecule has 0 unspecified atom stereocenters. The van der Waals surface area contributed by atoms with Crippen LogP contribution in [0.2, 0.25) is 0 Å². The molecule has 1 heterocycles. The predicted molar refractivity (Wildman–Crippen MR) is 54.6 cm³/mol. The van der Waals surface area contributed by atoms with Crippen molar-refractivity contribution in [2.24, 2.45) is 5.84 Å². The smallest absolute Gasteiger partial charge is 0.409 e. The summed E-state index contributed by atoms with van der Waals surface area (Å²) in [6.45, 7) is 0. The van der Waals surface area contributed by atoms with Gasteiger partial charge in [0.15, 0.2) is 0 Å². The standard InChI is InChI=1S/C6H6N2OS3.K/c7-8(6(10)11)5(9)4-2-1-3-12-4;/h1-3H,7H2,(H,10,11);/q;+1/p-1. The number of thiophene rings is 1. The molecule has 1 amide bonds. The maximum Gasteiger partial charge on any atom is 1.00 e. The second-order valence-electron chi connectivity index (χ2n) is 1.92. The average molecular weight is 256 g/mol. The molecule has 0 radical (unpaired) electrons. The van der Waals surface area contributed by atoms with Gasteiger partial charge in [0.1, 0.15) is 0 Å². The first-order valence-electron chi connectivity index (χ1n) is 2.96. The van der Waals surface area contributed by atoms with Crippen LogP contribution in [0, 0.1) is 0 Å². The summed E-state index contributed by atoms with van der Waals surface area (Å²) in [4.78, 5) is 11.8. The third kappa shape index (κ3) is 3.98. The number of amides is 1. The summed E-state index contributed by atoms with van der Waals surface area (Å²) in [5, 5.41) is 2.57. The van der Waals surface area contributed by atoms with Gasteiger partial charge in [-0.05, 0) is 15.8 Å². The minimum Gasteiger partial charge on any atom is -0.409 e. The van der Waals surface area contributed by atoms with Crippen LogP contribution in [0.15, 0.2) is 17.5 Å². The molecule has 0 saturated heterocycles. The summed E-state index contributed by atoms with van der Waals surface area (Å²) in [6, 6.07) is 3.43. The van der Waals surface area contributed by atoms with Crippen molar-refractivity contribution in [1.29, 1.82) is 0 Å². The van der Waals surface area contributed by atoms with Crippen molar-refractivity contribution < 1.29 is 56.2 Å². The Morgan fingerprint density at radius 3 is 2.69 bits per heavy atom. The average Bonchev–Trinajstić information content (AvgIpc) is 2.53. The van der Waals surface area contributed by atoms with Crippen LogP contribution in [0.25, 0.3) is 0 Å². The summed E-state index contributed by atoms with van der Waals surface area (Å²) in [5.41, 5.74) is 0. The van der Waals surface area contributed by atoms with Gasteiger partial charge in [-0.1, -0.05) is 6.07 Å². The van der Waals surface area contributed by atoms with Crippen LogP contribution in [-0.2, 0) is 12.6 Å². The molecule has 7 heteroatoms. The molecule has 0 aliphatic rings. The van der Waals surface area contributed by atoms with E-state index >= 15 is 0 Å². The molecule has 0 atom stereocenters. The van der Waals surface area contributed by atoms with Crippen LogP contribution in [0.5, 0.6) is 0 Å². The fourth-order valence-corrected chi connectivity index (χ4v) is 1.43. The number of hydrogen-bond acceptors (Lipinski definition) is 5. The number of nitrogens with two attached hydrogens (primary N) is 1. The molecule has 0 aliphatic carbocycles. The molecular formula is C6H5KN2OS3. The van der Waals surface area contributed by atoms with Crippen LogP contribution in [0.1, 0.15) is 9.67 Å². The molecule has 13 heavy (non-hydrogen) atoms. The Morgan fingerprint density at radius 2 is 2.31 bits per heavy atom. The van der Waals surface area contributed by atoms with Gasteiger partial charge in [-0.2, -0.15) is 0 Å². The Hall–Kier alpha value is 1.08. The summed E-state index contributed by atoms with van der Waals surface area (Å²) in [6.07, 6.45) is 0. The van der Waals surface area contributed by atoms with Crippen LogP contribution < -0.4 is 57.2 Å². The third-order valence-corrected chi connectivity index (χ3v) is 2.40. The molecule has 0 fully saturated rings. The van der Waals surface area contributed by atoms with E-state index < -0.39 is 0 Å². The second kappa shape index (κ2) is 6.54. The Bertz CT molecular complexity index is 301. The number of carbonyl (C=O) groups excluding carboxylic acids is 1. The molecule has 1 rings (SSSR count).